The van der Waals surface area contributed by atoms with E-state index >= 15 is 0 Å². The number of hydrogen-bond donors (Lipinski definition) is 0. The molecule has 0 heterocycles. The lowest BCUT2D eigenvalue weighted by Gasteiger charge is -2.18. The molecule has 1 rings (SSSR count). The molecule has 0 N–H and O–H groups in total. The Morgan fingerprint density at radius 2 is 1.89 bits per heavy atom. The molecule has 1 aromatic carbocycles. The van der Waals surface area contributed by atoms with Crippen LogP contribution in [-0.4, -0.2) is 11.6 Å². The summed E-state index contributed by atoms with van der Waals surface area (Å²) in [6, 6.07) is 2.96. The lowest BCUT2D eigenvalue weighted by atomic mass is 10.1. The monoisotopic (exact) mass is 243 g/mol. The SMILES string of the molecule is C=Cc1ccc([N+](=O)[O-])c(N(C=C)C=C)c1N=C. The average Bonchev–Trinajstić information content (AvgIpc) is 2.38. The van der Waals surface area contributed by atoms with Gasteiger partial charge in [-0.3, -0.25) is 15.1 Å². The van der Waals surface area contributed by atoms with Crippen LogP contribution in [0, 0.1) is 10.1 Å². The van der Waals surface area contributed by atoms with Gasteiger partial charge in [0.15, 0.2) is 5.69 Å². The van der Waals surface area contributed by atoms with Gasteiger partial charge in [0.2, 0.25) is 0 Å². The second-order valence-corrected chi connectivity index (χ2v) is 3.26. The zero-order chi connectivity index (χ0) is 13.7. The molecule has 0 aromatic heterocycles. The summed E-state index contributed by atoms with van der Waals surface area (Å²) in [7, 11) is 0. The Bertz CT molecular complexity index is 527. The number of rotatable bonds is 6. The molecule has 0 spiro atoms. The van der Waals surface area contributed by atoms with Gasteiger partial charge < -0.3 is 4.90 Å². The smallest absolute Gasteiger partial charge is 0.295 e. The number of nitrogens with zero attached hydrogens (tertiary/aromatic N) is 3. The molecule has 0 unspecified atom stereocenters. The van der Waals surface area contributed by atoms with Crippen LogP contribution in [0.2, 0.25) is 0 Å². The van der Waals surface area contributed by atoms with E-state index in [1.807, 2.05) is 0 Å². The van der Waals surface area contributed by atoms with E-state index in [0.29, 0.717) is 11.3 Å². The third-order valence-corrected chi connectivity index (χ3v) is 2.39. The molecular weight excluding hydrogens is 230 g/mol. The van der Waals surface area contributed by atoms with E-state index in [1.165, 1.54) is 23.4 Å². The summed E-state index contributed by atoms with van der Waals surface area (Å²) in [4.78, 5) is 15.8. The molecule has 5 nitrogen and oxygen atoms in total. The van der Waals surface area contributed by atoms with Gasteiger partial charge in [-0.05, 0) is 12.8 Å². The second kappa shape index (κ2) is 5.58. The molecule has 0 radical (unpaired) electrons. The standard InChI is InChI=1S/C13H13N3O2/c1-5-10-8-9-11(16(17)18)13(12(10)14-4)15(6-2)7-3/h5-9H,1-4H2. The van der Waals surface area contributed by atoms with E-state index in [2.05, 4.69) is 31.4 Å². The largest absolute Gasteiger partial charge is 0.317 e. The fourth-order valence-electron chi connectivity index (χ4n) is 1.57. The van der Waals surface area contributed by atoms with Gasteiger partial charge in [0, 0.05) is 24.0 Å². The quantitative estimate of drug-likeness (QED) is 0.435. The van der Waals surface area contributed by atoms with Crippen LogP contribution in [0.15, 0.2) is 49.3 Å². The first kappa shape index (κ1) is 13.4. The van der Waals surface area contributed by atoms with Crippen molar-refractivity contribution in [1.29, 1.82) is 0 Å². The molecule has 0 bridgehead atoms. The predicted octanol–water partition coefficient (Wildman–Crippen LogP) is 3.66. The summed E-state index contributed by atoms with van der Waals surface area (Å²) in [5.74, 6) is 0. The topological polar surface area (TPSA) is 58.7 Å². The third kappa shape index (κ3) is 2.20. The van der Waals surface area contributed by atoms with Crippen LogP contribution >= 0.6 is 0 Å². The highest BCUT2D eigenvalue weighted by Crippen LogP contribution is 2.41. The summed E-state index contributed by atoms with van der Waals surface area (Å²) in [6.07, 6.45) is 4.38. The second-order valence-electron chi connectivity index (χ2n) is 3.26. The Morgan fingerprint density at radius 1 is 1.28 bits per heavy atom. The summed E-state index contributed by atoms with van der Waals surface area (Å²) < 4.78 is 0. The van der Waals surface area contributed by atoms with Gasteiger partial charge in [-0.25, -0.2) is 0 Å². The van der Waals surface area contributed by atoms with E-state index in [0.717, 1.165) is 0 Å². The van der Waals surface area contributed by atoms with Crippen LogP contribution in [-0.2, 0) is 0 Å². The maximum atomic E-state index is 11.0. The van der Waals surface area contributed by atoms with Crippen molar-refractivity contribution < 1.29 is 4.92 Å². The van der Waals surface area contributed by atoms with Crippen LogP contribution in [0.4, 0.5) is 17.1 Å². The van der Waals surface area contributed by atoms with E-state index in [-0.39, 0.29) is 11.4 Å². The van der Waals surface area contributed by atoms with Crippen molar-refractivity contribution in [3.63, 3.8) is 0 Å². The summed E-state index contributed by atoms with van der Waals surface area (Å²) in [5, 5.41) is 11.0. The van der Waals surface area contributed by atoms with E-state index in [4.69, 9.17) is 0 Å². The lowest BCUT2D eigenvalue weighted by Crippen LogP contribution is -2.09. The van der Waals surface area contributed by atoms with Crippen LogP contribution in [0.5, 0.6) is 0 Å². The first-order valence-corrected chi connectivity index (χ1v) is 5.04. The molecule has 0 fully saturated rings. The van der Waals surface area contributed by atoms with Crippen LogP contribution in [0.25, 0.3) is 6.08 Å². The Labute approximate surface area is 105 Å². The van der Waals surface area contributed by atoms with Crippen molar-refractivity contribution in [3.05, 3.63) is 59.9 Å². The highest BCUT2D eigenvalue weighted by Gasteiger charge is 2.22. The van der Waals surface area contributed by atoms with Crippen molar-refractivity contribution >= 4 is 29.9 Å². The third-order valence-electron chi connectivity index (χ3n) is 2.39. The molecule has 92 valence electrons. The van der Waals surface area contributed by atoms with Crippen molar-refractivity contribution in [3.8, 4) is 0 Å². The highest BCUT2D eigenvalue weighted by atomic mass is 16.6. The van der Waals surface area contributed by atoms with E-state index in [1.54, 1.807) is 12.1 Å². The number of nitro groups is 1. The van der Waals surface area contributed by atoms with Gasteiger partial charge in [0.25, 0.3) is 5.69 Å². The molecule has 0 aliphatic heterocycles. The lowest BCUT2D eigenvalue weighted by molar-refractivity contribution is -0.384. The van der Waals surface area contributed by atoms with Crippen molar-refractivity contribution in [2.75, 3.05) is 4.90 Å². The molecule has 0 saturated heterocycles. The Kier molecular flexibility index (Phi) is 4.15. The maximum absolute atomic E-state index is 11.0. The molecule has 0 atom stereocenters. The zero-order valence-electron chi connectivity index (χ0n) is 9.87. The molecule has 1 aromatic rings. The summed E-state index contributed by atoms with van der Waals surface area (Å²) in [5.41, 5.74) is 1.21. The number of hydrogen-bond acceptors (Lipinski definition) is 4. The number of aliphatic imine (C=N–C) groups is 1. The fourth-order valence-corrected chi connectivity index (χ4v) is 1.57. The Morgan fingerprint density at radius 3 is 2.28 bits per heavy atom. The normalized spacial score (nSPS) is 9.33. The highest BCUT2D eigenvalue weighted by molar-refractivity contribution is 5.86. The van der Waals surface area contributed by atoms with Crippen molar-refractivity contribution in [1.82, 2.24) is 0 Å². The minimum Gasteiger partial charge on any atom is -0.317 e. The Balaban J connectivity index is 3.72. The van der Waals surface area contributed by atoms with Crippen LogP contribution in [0.3, 0.4) is 0 Å². The average molecular weight is 243 g/mol. The van der Waals surface area contributed by atoms with Crippen molar-refractivity contribution in [2.45, 2.75) is 0 Å². The molecular formula is C13H13N3O2. The molecule has 0 saturated carbocycles. The van der Waals surface area contributed by atoms with Gasteiger partial charge in [-0.1, -0.05) is 25.8 Å². The summed E-state index contributed by atoms with van der Waals surface area (Å²) >= 11 is 0. The molecule has 5 heteroatoms. The number of benzene rings is 1. The van der Waals surface area contributed by atoms with E-state index < -0.39 is 4.92 Å². The van der Waals surface area contributed by atoms with Gasteiger partial charge in [-0.2, -0.15) is 0 Å². The predicted molar refractivity (Wildman–Crippen MR) is 75.3 cm³/mol. The van der Waals surface area contributed by atoms with Crippen molar-refractivity contribution in [2.24, 2.45) is 4.99 Å². The van der Waals surface area contributed by atoms with Gasteiger partial charge in [0.05, 0.1) is 4.92 Å². The zero-order valence-corrected chi connectivity index (χ0v) is 9.87. The van der Waals surface area contributed by atoms with E-state index in [9.17, 15) is 10.1 Å². The molecule has 0 aliphatic carbocycles. The van der Waals surface area contributed by atoms with Gasteiger partial charge in [-0.15, -0.1) is 0 Å². The minimum absolute atomic E-state index is 0.0946. The Hall–Kier alpha value is -2.69. The first-order valence-electron chi connectivity index (χ1n) is 5.04. The minimum atomic E-state index is -0.489. The maximum Gasteiger partial charge on any atom is 0.295 e. The number of nitro benzene ring substituents is 1. The molecule has 18 heavy (non-hydrogen) atoms. The molecule has 0 amide bonds. The number of anilines is 1. The first-order chi connectivity index (χ1) is 8.60. The van der Waals surface area contributed by atoms with Crippen LogP contribution < -0.4 is 4.90 Å². The summed E-state index contributed by atoms with van der Waals surface area (Å²) in [6.45, 7) is 14.2. The van der Waals surface area contributed by atoms with Crippen LogP contribution in [0.1, 0.15) is 5.56 Å². The molecule has 0 aliphatic rings. The fraction of sp³-hybridized carbons (Fsp3) is 0. The van der Waals surface area contributed by atoms with Gasteiger partial charge in [0.1, 0.15) is 5.69 Å². The van der Waals surface area contributed by atoms with Gasteiger partial charge >= 0.3 is 0 Å².